The Morgan fingerprint density at radius 1 is 1.24 bits per heavy atom. The van der Waals surface area contributed by atoms with Crippen molar-refractivity contribution >= 4 is 17.7 Å². The Morgan fingerprint density at radius 2 is 1.86 bits per heavy atom. The molecule has 1 aromatic rings. The van der Waals surface area contributed by atoms with Gasteiger partial charge < -0.3 is 4.74 Å². The topological polar surface area (TPSA) is 70.3 Å². The predicted octanol–water partition coefficient (Wildman–Crippen LogP) is 1.05. The van der Waals surface area contributed by atoms with Gasteiger partial charge in [0.05, 0.1) is 6.42 Å². The number of hydrogen-bond acceptors (Lipinski definition) is 5. The van der Waals surface area contributed by atoms with Crippen molar-refractivity contribution in [3.63, 3.8) is 0 Å². The van der Waals surface area contributed by atoms with E-state index in [0.717, 1.165) is 4.57 Å². The zero-order valence-electron chi connectivity index (χ0n) is 13.1. The van der Waals surface area contributed by atoms with Gasteiger partial charge in [0.1, 0.15) is 5.60 Å². The molecule has 0 spiro atoms. The van der Waals surface area contributed by atoms with Crippen LogP contribution in [0.25, 0.3) is 0 Å². The average Bonchev–Trinajstić information content (AvgIpc) is 2.35. The van der Waals surface area contributed by atoms with Gasteiger partial charge in [0.15, 0.2) is 0 Å². The lowest BCUT2D eigenvalue weighted by atomic mass is 10.2. The van der Waals surface area contributed by atoms with Crippen LogP contribution in [-0.2, 0) is 29.4 Å². The standard InChI is InChI=1S/C14H22N2O4S/c1-14(2,3)20-12(18)6-7-21-9-10-8-11(17)16(5)13(19)15(10)4/h8H,6-7,9H2,1-5H3. The molecule has 0 aliphatic heterocycles. The molecule has 0 fully saturated rings. The molecule has 118 valence electrons. The van der Waals surface area contributed by atoms with Crippen molar-refractivity contribution in [2.45, 2.75) is 38.5 Å². The maximum atomic E-state index is 11.8. The second kappa shape index (κ2) is 6.98. The van der Waals surface area contributed by atoms with Crippen molar-refractivity contribution in [2.24, 2.45) is 14.1 Å². The van der Waals surface area contributed by atoms with Gasteiger partial charge in [-0.1, -0.05) is 0 Å². The molecule has 0 saturated heterocycles. The number of rotatable bonds is 5. The lowest BCUT2D eigenvalue weighted by Gasteiger charge is -2.19. The molecular formula is C14H22N2O4S. The second-order valence-electron chi connectivity index (χ2n) is 5.76. The van der Waals surface area contributed by atoms with Crippen LogP contribution in [0.3, 0.4) is 0 Å². The molecule has 7 heteroatoms. The van der Waals surface area contributed by atoms with Crippen molar-refractivity contribution in [3.05, 3.63) is 32.6 Å². The Hall–Kier alpha value is -1.50. The highest BCUT2D eigenvalue weighted by molar-refractivity contribution is 7.98. The fourth-order valence-electron chi connectivity index (χ4n) is 1.64. The van der Waals surface area contributed by atoms with E-state index in [2.05, 4.69) is 0 Å². The Morgan fingerprint density at radius 3 is 2.43 bits per heavy atom. The van der Waals surface area contributed by atoms with Crippen molar-refractivity contribution in [2.75, 3.05) is 5.75 Å². The highest BCUT2D eigenvalue weighted by Crippen LogP contribution is 2.13. The minimum absolute atomic E-state index is 0.243. The van der Waals surface area contributed by atoms with Gasteiger partial charge in [0.25, 0.3) is 5.56 Å². The summed E-state index contributed by atoms with van der Waals surface area (Å²) in [6, 6.07) is 1.45. The molecule has 0 atom stereocenters. The minimum atomic E-state index is -0.475. The molecule has 21 heavy (non-hydrogen) atoms. The first kappa shape index (κ1) is 17.6. The molecule has 0 aliphatic rings. The summed E-state index contributed by atoms with van der Waals surface area (Å²) in [5.41, 5.74) is -0.486. The number of nitrogens with zero attached hydrogens (tertiary/aromatic N) is 2. The van der Waals surface area contributed by atoms with Crippen LogP contribution < -0.4 is 11.2 Å². The van der Waals surface area contributed by atoms with E-state index < -0.39 is 5.60 Å². The average molecular weight is 314 g/mol. The Balaban J connectivity index is 2.53. The van der Waals surface area contributed by atoms with E-state index in [0.29, 0.717) is 23.6 Å². The largest absolute Gasteiger partial charge is 0.460 e. The smallest absolute Gasteiger partial charge is 0.330 e. The van der Waals surface area contributed by atoms with Gasteiger partial charge in [0.2, 0.25) is 0 Å². The van der Waals surface area contributed by atoms with Crippen molar-refractivity contribution in [1.29, 1.82) is 0 Å². The Labute approximate surface area is 128 Å². The van der Waals surface area contributed by atoms with Crippen molar-refractivity contribution in [1.82, 2.24) is 9.13 Å². The monoisotopic (exact) mass is 314 g/mol. The van der Waals surface area contributed by atoms with Crippen LogP contribution >= 0.6 is 11.8 Å². The number of esters is 1. The van der Waals surface area contributed by atoms with Gasteiger partial charge in [-0.3, -0.25) is 18.7 Å². The summed E-state index contributed by atoms with van der Waals surface area (Å²) >= 11 is 1.49. The van der Waals surface area contributed by atoms with Crippen LogP contribution in [0, 0.1) is 0 Å². The van der Waals surface area contributed by atoms with Crippen LogP contribution in [0.4, 0.5) is 0 Å². The Kier molecular flexibility index (Phi) is 5.83. The van der Waals surface area contributed by atoms with Gasteiger partial charge in [-0.25, -0.2) is 4.79 Å². The van der Waals surface area contributed by atoms with E-state index in [1.165, 1.54) is 29.4 Å². The van der Waals surface area contributed by atoms with E-state index in [9.17, 15) is 14.4 Å². The van der Waals surface area contributed by atoms with E-state index in [1.54, 1.807) is 7.05 Å². The van der Waals surface area contributed by atoms with E-state index >= 15 is 0 Å². The molecule has 0 amide bonds. The predicted molar refractivity (Wildman–Crippen MR) is 83.5 cm³/mol. The molecule has 0 unspecified atom stereocenters. The molecule has 0 aromatic carbocycles. The van der Waals surface area contributed by atoms with Gasteiger partial charge in [-0.2, -0.15) is 11.8 Å². The first-order chi connectivity index (χ1) is 9.61. The van der Waals surface area contributed by atoms with Crippen LogP contribution in [0.5, 0.6) is 0 Å². The zero-order valence-corrected chi connectivity index (χ0v) is 14.0. The summed E-state index contributed by atoms with van der Waals surface area (Å²) in [5, 5.41) is 0. The summed E-state index contributed by atoms with van der Waals surface area (Å²) < 4.78 is 7.72. The number of carbonyl (C=O) groups excluding carboxylic acids is 1. The van der Waals surface area contributed by atoms with E-state index in [1.807, 2.05) is 20.8 Å². The molecule has 1 heterocycles. The molecule has 1 aromatic heterocycles. The highest BCUT2D eigenvalue weighted by Gasteiger charge is 2.15. The number of carbonyl (C=O) groups is 1. The normalized spacial score (nSPS) is 11.5. The first-order valence-electron chi connectivity index (χ1n) is 6.67. The number of aromatic nitrogens is 2. The fourth-order valence-corrected chi connectivity index (χ4v) is 2.58. The van der Waals surface area contributed by atoms with Crippen LogP contribution in [0.1, 0.15) is 32.9 Å². The van der Waals surface area contributed by atoms with Crippen LogP contribution in [0.2, 0.25) is 0 Å². The van der Waals surface area contributed by atoms with Crippen LogP contribution in [0.15, 0.2) is 15.7 Å². The number of hydrogen-bond donors (Lipinski definition) is 0. The van der Waals surface area contributed by atoms with Crippen LogP contribution in [-0.4, -0.2) is 26.5 Å². The zero-order chi connectivity index (χ0) is 16.2. The molecule has 0 saturated carbocycles. The quantitative estimate of drug-likeness (QED) is 0.600. The van der Waals surface area contributed by atoms with Gasteiger partial charge in [0, 0.05) is 37.4 Å². The van der Waals surface area contributed by atoms with Crippen molar-refractivity contribution in [3.8, 4) is 0 Å². The van der Waals surface area contributed by atoms with Gasteiger partial charge in [-0.15, -0.1) is 0 Å². The molecule has 0 bridgehead atoms. The molecule has 6 nitrogen and oxygen atoms in total. The molecule has 0 N–H and O–H groups in total. The maximum Gasteiger partial charge on any atom is 0.330 e. The summed E-state index contributed by atoms with van der Waals surface area (Å²) in [6.45, 7) is 5.48. The summed E-state index contributed by atoms with van der Waals surface area (Å²) in [6.07, 6.45) is 0.306. The third-order valence-corrected chi connectivity index (χ3v) is 3.74. The third-order valence-electron chi connectivity index (χ3n) is 2.75. The Bertz CT molecular complexity index is 625. The fraction of sp³-hybridized carbons (Fsp3) is 0.643. The van der Waals surface area contributed by atoms with Gasteiger partial charge in [-0.05, 0) is 20.8 Å². The molecule has 0 aliphatic carbocycles. The number of thioether (sulfide) groups is 1. The van der Waals surface area contributed by atoms with Gasteiger partial charge >= 0.3 is 11.7 Å². The molecular weight excluding hydrogens is 292 g/mol. The summed E-state index contributed by atoms with van der Waals surface area (Å²) in [4.78, 5) is 34.9. The molecule has 0 radical (unpaired) electrons. The first-order valence-corrected chi connectivity index (χ1v) is 7.83. The second-order valence-corrected chi connectivity index (χ2v) is 6.87. The van der Waals surface area contributed by atoms with Crippen molar-refractivity contribution < 1.29 is 9.53 Å². The SMILES string of the molecule is Cn1c(CSCCC(=O)OC(C)(C)C)cc(=O)n(C)c1=O. The lowest BCUT2D eigenvalue weighted by molar-refractivity contribution is -0.154. The summed E-state index contributed by atoms with van der Waals surface area (Å²) in [5.74, 6) is 0.844. The summed E-state index contributed by atoms with van der Waals surface area (Å²) in [7, 11) is 3.08. The highest BCUT2D eigenvalue weighted by atomic mass is 32.2. The maximum absolute atomic E-state index is 11.8. The van der Waals surface area contributed by atoms with E-state index in [4.69, 9.17) is 4.74 Å². The minimum Gasteiger partial charge on any atom is -0.460 e. The number of ether oxygens (including phenoxy) is 1. The molecule has 1 rings (SSSR count). The third kappa shape index (κ3) is 5.41. The van der Waals surface area contributed by atoms with E-state index in [-0.39, 0.29) is 17.2 Å². The lowest BCUT2D eigenvalue weighted by Crippen LogP contribution is -2.37.